The van der Waals surface area contributed by atoms with Gasteiger partial charge in [-0.1, -0.05) is 11.6 Å². The van der Waals surface area contributed by atoms with Crippen LogP contribution in [0.1, 0.15) is 6.92 Å². The number of benzene rings is 2. The van der Waals surface area contributed by atoms with E-state index in [2.05, 4.69) is 14.7 Å². The second kappa shape index (κ2) is 12.9. The van der Waals surface area contributed by atoms with Crippen molar-refractivity contribution in [3.05, 3.63) is 53.8 Å². The van der Waals surface area contributed by atoms with Gasteiger partial charge in [0.2, 0.25) is 5.75 Å². The van der Waals surface area contributed by atoms with Crippen molar-refractivity contribution < 1.29 is 42.0 Å². The molecule has 37 heavy (non-hydrogen) atoms. The van der Waals surface area contributed by atoms with Gasteiger partial charge < -0.3 is 28.8 Å². The largest absolute Gasteiger partial charge is 0.497 e. The van der Waals surface area contributed by atoms with Crippen molar-refractivity contribution in [2.75, 3.05) is 38.3 Å². The quantitative estimate of drug-likeness (QED) is 0.237. The summed E-state index contributed by atoms with van der Waals surface area (Å²) in [4.78, 5) is 18.7. The Balaban J connectivity index is 1.86. The van der Waals surface area contributed by atoms with Crippen LogP contribution in [0.4, 0.5) is 5.82 Å². The first kappa shape index (κ1) is 27.8. The SMILES string of the molecule is COc1ccc(Cl)c(Oc2c(NS(=O)(=O)c3ccc(OCCOC(C)=O)cc3)ncnc2OCCO)c1. The molecule has 0 aliphatic heterocycles. The molecule has 0 spiro atoms. The highest BCUT2D eigenvalue weighted by atomic mass is 35.5. The minimum absolute atomic E-state index is 0.0609. The summed E-state index contributed by atoms with van der Waals surface area (Å²) in [5.41, 5.74) is 0. The van der Waals surface area contributed by atoms with E-state index in [4.69, 9.17) is 40.4 Å². The summed E-state index contributed by atoms with van der Waals surface area (Å²) in [5, 5.41) is 9.35. The summed E-state index contributed by atoms with van der Waals surface area (Å²) in [5.74, 6) is -0.0279. The molecule has 0 saturated carbocycles. The molecule has 0 saturated heterocycles. The Morgan fingerprint density at radius 2 is 1.76 bits per heavy atom. The number of carbonyl (C=O) groups excluding carboxylic acids is 1. The molecule has 2 N–H and O–H groups in total. The maximum Gasteiger partial charge on any atom is 0.302 e. The van der Waals surface area contributed by atoms with Crippen molar-refractivity contribution in [1.82, 2.24) is 9.97 Å². The van der Waals surface area contributed by atoms with Crippen molar-refractivity contribution in [3.63, 3.8) is 0 Å². The number of hydrogen-bond donors (Lipinski definition) is 2. The summed E-state index contributed by atoms with van der Waals surface area (Å²) in [7, 11) is -2.69. The average Bonchev–Trinajstić information content (AvgIpc) is 2.88. The molecule has 0 atom stereocenters. The van der Waals surface area contributed by atoms with Crippen LogP contribution >= 0.6 is 11.6 Å². The van der Waals surface area contributed by atoms with Crippen molar-refractivity contribution in [1.29, 1.82) is 0 Å². The number of halogens is 1. The Bertz CT molecular complexity index is 1320. The molecule has 2 aromatic carbocycles. The molecule has 0 aliphatic rings. The number of ether oxygens (including phenoxy) is 5. The van der Waals surface area contributed by atoms with Crippen LogP contribution in [-0.2, 0) is 19.6 Å². The number of methoxy groups -OCH3 is 1. The van der Waals surface area contributed by atoms with Gasteiger partial charge in [0, 0.05) is 13.0 Å². The molecule has 0 fully saturated rings. The van der Waals surface area contributed by atoms with Gasteiger partial charge in [-0.25, -0.2) is 13.4 Å². The molecule has 0 unspecified atom stereocenters. The van der Waals surface area contributed by atoms with E-state index in [9.17, 15) is 13.2 Å². The molecule has 0 amide bonds. The van der Waals surface area contributed by atoms with E-state index in [1.54, 1.807) is 6.07 Å². The van der Waals surface area contributed by atoms with Crippen LogP contribution in [0.2, 0.25) is 5.02 Å². The first-order valence-electron chi connectivity index (χ1n) is 10.7. The van der Waals surface area contributed by atoms with Gasteiger partial charge in [0.1, 0.15) is 43.4 Å². The van der Waals surface area contributed by atoms with Gasteiger partial charge in [0.15, 0.2) is 5.82 Å². The molecule has 0 aliphatic carbocycles. The first-order valence-corrected chi connectivity index (χ1v) is 12.6. The van der Waals surface area contributed by atoms with Crippen LogP contribution in [0.5, 0.6) is 28.9 Å². The molecule has 198 valence electrons. The molecule has 14 heteroatoms. The van der Waals surface area contributed by atoms with E-state index in [0.717, 1.165) is 6.33 Å². The lowest BCUT2D eigenvalue weighted by molar-refractivity contribution is -0.141. The lowest BCUT2D eigenvalue weighted by Crippen LogP contribution is -2.16. The molecular formula is C23H24ClN3O9S. The number of nitrogens with one attached hydrogen (secondary N) is 1. The van der Waals surface area contributed by atoms with E-state index in [1.165, 1.54) is 50.4 Å². The van der Waals surface area contributed by atoms with Crippen molar-refractivity contribution in [3.8, 4) is 28.9 Å². The van der Waals surface area contributed by atoms with Crippen LogP contribution in [0, 0.1) is 0 Å². The van der Waals surface area contributed by atoms with Gasteiger partial charge >= 0.3 is 5.97 Å². The maximum atomic E-state index is 13.1. The van der Waals surface area contributed by atoms with Gasteiger partial charge in [-0.15, -0.1) is 0 Å². The lowest BCUT2D eigenvalue weighted by Gasteiger charge is -2.16. The fourth-order valence-corrected chi connectivity index (χ4v) is 3.98. The monoisotopic (exact) mass is 553 g/mol. The zero-order chi connectivity index (χ0) is 26.8. The van der Waals surface area contributed by atoms with Crippen LogP contribution < -0.4 is 23.7 Å². The van der Waals surface area contributed by atoms with Crippen molar-refractivity contribution >= 4 is 33.4 Å². The number of aromatic nitrogens is 2. The number of rotatable bonds is 13. The number of aliphatic hydroxyl groups is 1. The molecular weight excluding hydrogens is 530 g/mol. The zero-order valence-electron chi connectivity index (χ0n) is 19.8. The van der Waals surface area contributed by atoms with E-state index in [1.807, 2.05) is 0 Å². The van der Waals surface area contributed by atoms with Gasteiger partial charge in [-0.2, -0.15) is 4.98 Å². The van der Waals surface area contributed by atoms with Crippen molar-refractivity contribution in [2.24, 2.45) is 0 Å². The predicted molar refractivity (Wildman–Crippen MR) is 132 cm³/mol. The van der Waals surface area contributed by atoms with Crippen LogP contribution in [-0.4, -0.2) is 63.0 Å². The van der Waals surface area contributed by atoms with Crippen LogP contribution in [0.3, 0.4) is 0 Å². The second-order valence-electron chi connectivity index (χ2n) is 7.09. The highest BCUT2D eigenvalue weighted by molar-refractivity contribution is 7.92. The molecule has 0 radical (unpaired) electrons. The molecule has 3 aromatic rings. The highest BCUT2D eigenvalue weighted by Gasteiger charge is 2.23. The van der Waals surface area contributed by atoms with Gasteiger partial charge in [0.25, 0.3) is 15.9 Å². The normalized spacial score (nSPS) is 10.9. The fourth-order valence-electron chi connectivity index (χ4n) is 2.81. The maximum absolute atomic E-state index is 13.1. The number of sulfonamides is 1. The predicted octanol–water partition coefficient (Wildman–Crippen LogP) is 3.04. The summed E-state index contributed by atoms with van der Waals surface area (Å²) in [6, 6.07) is 10.2. The highest BCUT2D eigenvalue weighted by Crippen LogP contribution is 2.40. The Morgan fingerprint density at radius 3 is 2.43 bits per heavy atom. The number of aliphatic hydroxyl groups excluding tert-OH is 1. The minimum Gasteiger partial charge on any atom is -0.497 e. The van der Waals surface area contributed by atoms with E-state index >= 15 is 0 Å². The summed E-state index contributed by atoms with van der Waals surface area (Å²) in [6.07, 6.45) is 1.07. The Hall–Kier alpha value is -3.81. The zero-order valence-corrected chi connectivity index (χ0v) is 21.4. The lowest BCUT2D eigenvalue weighted by atomic mass is 10.3. The molecule has 1 heterocycles. The van der Waals surface area contributed by atoms with E-state index in [0.29, 0.717) is 11.5 Å². The Morgan fingerprint density at radius 1 is 1.03 bits per heavy atom. The Labute approximate surface area is 218 Å². The third-order valence-electron chi connectivity index (χ3n) is 4.47. The molecule has 1 aromatic heterocycles. The van der Waals surface area contributed by atoms with Crippen LogP contribution in [0.25, 0.3) is 0 Å². The van der Waals surface area contributed by atoms with Gasteiger partial charge in [-0.05, 0) is 36.4 Å². The number of carbonyl (C=O) groups is 1. The van der Waals surface area contributed by atoms with Gasteiger partial charge in [-0.3, -0.25) is 9.52 Å². The third kappa shape index (κ3) is 7.84. The summed E-state index contributed by atoms with van der Waals surface area (Å²) < 4.78 is 55.2. The fraction of sp³-hybridized carbons (Fsp3) is 0.261. The van der Waals surface area contributed by atoms with Crippen molar-refractivity contribution in [2.45, 2.75) is 11.8 Å². The number of esters is 1. The van der Waals surface area contributed by atoms with E-state index in [-0.39, 0.29) is 59.5 Å². The van der Waals surface area contributed by atoms with E-state index < -0.39 is 16.0 Å². The van der Waals surface area contributed by atoms with Crippen LogP contribution in [0.15, 0.2) is 53.7 Å². The Kier molecular flexibility index (Phi) is 9.71. The first-order chi connectivity index (χ1) is 17.7. The standard InChI is InChI=1S/C23H24ClN3O9S/c1-15(29)33-11-12-34-16-3-6-18(7-4-16)37(30,31)27-22-21(23(26-14-25-22)35-10-9-28)36-20-13-17(32-2)5-8-19(20)24/h3-8,13-14,28H,9-12H2,1-2H3,(H,25,26,27). The average molecular weight is 554 g/mol. The summed E-state index contributed by atoms with van der Waals surface area (Å²) in [6.45, 7) is 0.998. The third-order valence-corrected chi connectivity index (χ3v) is 6.14. The summed E-state index contributed by atoms with van der Waals surface area (Å²) >= 11 is 6.24. The molecule has 12 nitrogen and oxygen atoms in total. The number of hydrogen-bond acceptors (Lipinski definition) is 11. The molecule has 3 rings (SSSR count). The topological polar surface area (TPSA) is 155 Å². The number of anilines is 1. The molecule has 0 bridgehead atoms. The smallest absolute Gasteiger partial charge is 0.302 e. The number of nitrogens with zero attached hydrogens (tertiary/aromatic N) is 2. The second-order valence-corrected chi connectivity index (χ2v) is 9.18. The minimum atomic E-state index is -4.15. The van der Waals surface area contributed by atoms with Gasteiger partial charge in [0.05, 0.1) is 23.6 Å².